The minimum atomic E-state index is -0.828. The van der Waals surface area contributed by atoms with E-state index in [4.69, 9.17) is 0 Å². The molecule has 0 unspecified atom stereocenters. The van der Waals surface area contributed by atoms with Gasteiger partial charge in [0.05, 0.1) is 5.57 Å². The first kappa shape index (κ1) is 18.8. The van der Waals surface area contributed by atoms with Crippen molar-refractivity contribution in [1.82, 2.24) is 5.32 Å². The number of rotatable bonds is 9. The number of allylic oxidation sites excluding steroid dienone is 1. The second kappa shape index (κ2) is 9.67. The quantitative estimate of drug-likeness (QED) is 0.618. The van der Waals surface area contributed by atoms with Gasteiger partial charge in [-0.25, -0.2) is 4.79 Å². The Morgan fingerprint density at radius 1 is 1.27 bits per heavy atom. The molecule has 1 rings (SSSR count). The van der Waals surface area contributed by atoms with Gasteiger partial charge >= 0.3 is 5.97 Å². The zero-order valence-electron chi connectivity index (χ0n) is 13.7. The molecule has 22 heavy (non-hydrogen) atoms. The molecule has 3 nitrogen and oxygen atoms in total. The smallest absolute Gasteiger partial charge is 0.333 e. The summed E-state index contributed by atoms with van der Waals surface area (Å²) in [5, 5.41) is 13.0. The van der Waals surface area contributed by atoms with Gasteiger partial charge in [0.25, 0.3) is 0 Å². The lowest BCUT2D eigenvalue weighted by Crippen LogP contribution is -2.23. The SMILES string of the molecule is CCCCC(NCC(C)C)=C(Cc1ccc(Br)cc1)C(=O)O. The Balaban J connectivity index is 3.00. The van der Waals surface area contributed by atoms with E-state index in [0.717, 1.165) is 41.5 Å². The zero-order chi connectivity index (χ0) is 16.5. The van der Waals surface area contributed by atoms with Crippen molar-refractivity contribution in [2.75, 3.05) is 6.54 Å². The van der Waals surface area contributed by atoms with Crippen LogP contribution in [0.4, 0.5) is 0 Å². The van der Waals surface area contributed by atoms with E-state index in [-0.39, 0.29) is 0 Å². The molecule has 0 aliphatic rings. The number of carbonyl (C=O) groups is 1. The zero-order valence-corrected chi connectivity index (χ0v) is 15.2. The van der Waals surface area contributed by atoms with E-state index in [9.17, 15) is 9.90 Å². The van der Waals surface area contributed by atoms with Gasteiger partial charge in [0.15, 0.2) is 0 Å². The summed E-state index contributed by atoms with van der Waals surface area (Å²) < 4.78 is 1.00. The number of unbranched alkanes of at least 4 members (excludes halogenated alkanes) is 1. The first-order valence-corrected chi connectivity index (χ1v) is 8.67. The van der Waals surface area contributed by atoms with Crippen LogP contribution in [-0.2, 0) is 11.2 Å². The Hall–Kier alpha value is -1.29. The summed E-state index contributed by atoms with van der Waals surface area (Å²) in [6.45, 7) is 7.17. The van der Waals surface area contributed by atoms with Crippen molar-refractivity contribution < 1.29 is 9.90 Å². The number of hydrogen-bond donors (Lipinski definition) is 2. The summed E-state index contributed by atoms with van der Waals surface area (Å²) in [5.74, 6) is -0.343. The van der Waals surface area contributed by atoms with Gasteiger partial charge in [-0.1, -0.05) is 55.3 Å². The Labute approximate surface area is 141 Å². The summed E-state index contributed by atoms with van der Waals surface area (Å²) in [4.78, 5) is 11.7. The second-order valence-corrected chi connectivity index (χ2v) is 6.86. The van der Waals surface area contributed by atoms with E-state index in [2.05, 4.69) is 42.0 Å². The van der Waals surface area contributed by atoms with E-state index >= 15 is 0 Å². The molecule has 1 aromatic rings. The predicted molar refractivity (Wildman–Crippen MR) is 94.9 cm³/mol. The lowest BCUT2D eigenvalue weighted by atomic mass is 10.0. The highest BCUT2D eigenvalue weighted by atomic mass is 79.9. The van der Waals surface area contributed by atoms with E-state index in [1.54, 1.807) is 0 Å². The van der Waals surface area contributed by atoms with Crippen molar-refractivity contribution in [2.45, 2.75) is 46.5 Å². The van der Waals surface area contributed by atoms with Crippen LogP contribution >= 0.6 is 15.9 Å². The maximum atomic E-state index is 11.7. The molecule has 0 aliphatic carbocycles. The van der Waals surface area contributed by atoms with Crippen LogP contribution in [0.3, 0.4) is 0 Å². The number of nitrogens with one attached hydrogen (secondary N) is 1. The van der Waals surface area contributed by atoms with Crippen molar-refractivity contribution in [3.05, 3.63) is 45.6 Å². The summed E-state index contributed by atoms with van der Waals surface area (Å²) in [7, 11) is 0. The van der Waals surface area contributed by atoms with Gasteiger partial charge in [-0.05, 0) is 36.5 Å². The van der Waals surface area contributed by atoms with E-state index < -0.39 is 5.97 Å². The molecule has 0 spiro atoms. The average Bonchev–Trinajstić information content (AvgIpc) is 2.47. The molecule has 2 N–H and O–H groups in total. The Morgan fingerprint density at radius 3 is 2.41 bits per heavy atom. The molecule has 0 atom stereocenters. The van der Waals surface area contributed by atoms with Crippen LogP contribution in [0.5, 0.6) is 0 Å². The van der Waals surface area contributed by atoms with Crippen molar-refractivity contribution in [3.8, 4) is 0 Å². The largest absolute Gasteiger partial charge is 0.478 e. The first-order chi connectivity index (χ1) is 10.4. The molecule has 0 fully saturated rings. The summed E-state index contributed by atoms with van der Waals surface area (Å²) >= 11 is 3.40. The third kappa shape index (κ3) is 6.65. The van der Waals surface area contributed by atoms with E-state index in [1.807, 2.05) is 24.3 Å². The number of benzene rings is 1. The van der Waals surface area contributed by atoms with Crippen molar-refractivity contribution in [2.24, 2.45) is 5.92 Å². The molecule has 0 aromatic heterocycles. The highest BCUT2D eigenvalue weighted by Gasteiger charge is 2.15. The lowest BCUT2D eigenvalue weighted by Gasteiger charge is -2.17. The number of carboxylic acid groups (broad SMARTS) is 1. The van der Waals surface area contributed by atoms with Crippen molar-refractivity contribution in [3.63, 3.8) is 0 Å². The fourth-order valence-electron chi connectivity index (χ4n) is 2.14. The first-order valence-electron chi connectivity index (χ1n) is 7.87. The topological polar surface area (TPSA) is 49.3 Å². The molecule has 0 heterocycles. The fraction of sp³-hybridized carbons (Fsp3) is 0.500. The Morgan fingerprint density at radius 2 is 1.91 bits per heavy atom. The van der Waals surface area contributed by atoms with E-state index in [0.29, 0.717) is 17.9 Å². The monoisotopic (exact) mass is 367 g/mol. The molecule has 4 heteroatoms. The van der Waals surface area contributed by atoms with Crippen LogP contribution in [0.2, 0.25) is 0 Å². The van der Waals surface area contributed by atoms with Crippen LogP contribution in [0.1, 0.15) is 45.6 Å². The maximum Gasteiger partial charge on any atom is 0.333 e. The van der Waals surface area contributed by atoms with Crippen LogP contribution in [0, 0.1) is 5.92 Å². The van der Waals surface area contributed by atoms with Crippen LogP contribution < -0.4 is 5.32 Å². The van der Waals surface area contributed by atoms with Crippen LogP contribution in [-0.4, -0.2) is 17.6 Å². The molecule has 0 amide bonds. The number of hydrogen-bond acceptors (Lipinski definition) is 2. The van der Waals surface area contributed by atoms with Gasteiger partial charge in [0, 0.05) is 23.1 Å². The second-order valence-electron chi connectivity index (χ2n) is 5.94. The Kier molecular flexibility index (Phi) is 8.25. The molecular weight excluding hydrogens is 342 g/mol. The number of carboxylic acids is 1. The van der Waals surface area contributed by atoms with Crippen LogP contribution in [0.15, 0.2) is 40.0 Å². The highest BCUT2D eigenvalue weighted by Crippen LogP contribution is 2.18. The minimum Gasteiger partial charge on any atom is -0.478 e. The molecule has 1 aromatic carbocycles. The third-order valence-electron chi connectivity index (χ3n) is 3.42. The summed E-state index contributed by atoms with van der Waals surface area (Å²) in [5.41, 5.74) is 2.38. The lowest BCUT2D eigenvalue weighted by molar-refractivity contribution is -0.132. The summed E-state index contributed by atoms with van der Waals surface area (Å²) in [6.07, 6.45) is 3.30. The van der Waals surface area contributed by atoms with Gasteiger partial charge in [0.1, 0.15) is 0 Å². The number of halogens is 1. The number of aliphatic carboxylic acids is 1. The molecule has 0 radical (unpaired) electrons. The van der Waals surface area contributed by atoms with Gasteiger partial charge < -0.3 is 10.4 Å². The minimum absolute atomic E-state index is 0.451. The highest BCUT2D eigenvalue weighted by molar-refractivity contribution is 9.10. The fourth-order valence-corrected chi connectivity index (χ4v) is 2.41. The van der Waals surface area contributed by atoms with E-state index in [1.165, 1.54) is 0 Å². The predicted octanol–water partition coefficient (Wildman–Crippen LogP) is 4.77. The maximum absolute atomic E-state index is 11.7. The van der Waals surface area contributed by atoms with Gasteiger partial charge in [-0.3, -0.25) is 0 Å². The van der Waals surface area contributed by atoms with Gasteiger partial charge in [0.2, 0.25) is 0 Å². The molecule has 122 valence electrons. The molecule has 0 aliphatic heterocycles. The van der Waals surface area contributed by atoms with Gasteiger partial charge in [-0.15, -0.1) is 0 Å². The van der Waals surface area contributed by atoms with Crippen molar-refractivity contribution in [1.29, 1.82) is 0 Å². The summed E-state index contributed by atoms with van der Waals surface area (Å²) in [6, 6.07) is 7.82. The van der Waals surface area contributed by atoms with Crippen molar-refractivity contribution >= 4 is 21.9 Å². The third-order valence-corrected chi connectivity index (χ3v) is 3.95. The van der Waals surface area contributed by atoms with Crippen LogP contribution in [0.25, 0.3) is 0 Å². The molecular formula is C18H26BrNO2. The Bertz CT molecular complexity index is 506. The molecule has 0 bridgehead atoms. The normalized spacial score (nSPS) is 12.2. The molecule has 0 saturated carbocycles. The van der Waals surface area contributed by atoms with Gasteiger partial charge in [-0.2, -0.15) is 0 Å². The molecule has 0 saturated heterocycles. The average molecular weight is 368 g/mol. The standard InChI is InChI=1S/C18H26BrNO2/c1-4-5-6-17(20-12-13(2)3)16(18(21)22)11-14-7-9-15(19)10-8-14/h7-10,13,20H,4-6,11-12H2,1-3H3,(H,21,22).